The summed E-state index contributed by atoms with van der Waals surface area (Å²) in [5, 5.41) is 11.9. The van der Waals surface area contributed by atoms with Crippen molar-refractivity contribution in [2.45, 2.75) is 32.4 Å². The zero-order valence-electron chi connectivity index (χ0n) is 9.19. The number of carboxylic acids is 1. The second-order valence-corrected chi connectivity index (χ2v) is 4.88. The van der Waals surface area contributed by atoms with Gasteiger partial charge < -0.3 is 10.4 Å². The van der Waals surface area contributed by atoms with E-state index < -0.39 is 5.97 Å². The first-order chi connectivity index (χ1) is 7.61. The van der Waals surface area contributed by atoms with Crippen molar-refractivity contribution in [3.05, 3.63) is 21.9 Å². The standard InChI is InChI=1S/C12H15NO2S/c1-3-4-9(2)13-8-11-6-5-10(16-11)7-12(14)15/h1,5-6,9,13H,4,7-8H2,2H3,(H,14,15). The van der Waals surface area contributed by atoms with Crippen LogP contribution in [0.3, 0.4) is 0 Å². The number of rotatable bonds is 6. The number of thiophene rings is 1. The summed E-state index contributed by atoms with van der Waals surface area (Å²) in [6.07, 6.45) is 6.01. The molecule has 86 valence electrons. The molecule has 0 aromatic carbocycles. The molecule has 1 aromatic rings. The summed E-state index contributed by atoms with van der Waals surface area (Å²) in [7, 11) is 0. The van der Waals surface area contributed by atoms with Gasteiger partial charge in [-0.15, -0.1) is 23.7 Å². The molecule has 16 heavy (non-hydrogen) atoms. The van der Waals surface area contributed by atoms with Gasteiger partial charge in [-0.05, 0) is 19.1 Å². The van der Waals surface area contributed by atoms with Crippen LogP contribution in [0.2, 0.25) is 0 Å². The highest BCUT2D eigenvalue weighted by Crippen LogP contribution is 2.17. The zero-order valence-corrected chi connectivity index (χ0v) is 10.0. The Balaban J connectivity index is 2.40. The Kier molecular flexibility index (Phi) is 5.03. The molecular weight excluding hydrogens is 222 g/mol. The van der Waals surface area contributed by atoms with Crippen LogP contribution in [0.5, 0.6) is 0 Å². The number of aliphatic carboxylic acids is 1. The number of carboxylic acid groups (broad SMARTS) is 1. The van der Waals surface area contributed by atoms with E-state index in [2.05, 4.69) is 11.2 Å². The van der Waals surface area contributed by atoms with Crippen molar-refractivity contribution in [1.82, 2.24) is 5.32 Å². The molecular formula is C12H15NO2S. The van der Waals surface area contributed by atoms with E-state index in [1.807, 2.05) is 19.1 Å². The van der Waals surface area contributed by atoms with E-state index in [1.54, 1.807) is 0 Å². The third-order valence-corrected chi connectivity index (χ3v) is 3.18. The van der Waals surface area contributed by atoms with Crippen LogP contribution in [0.15, 0.2) is 12.1 Å². The summed E-state index contributed by atoms with van der Waals surface area (Å²) < 4.78 is 0. The van der Waals surface area contributed by atoms with Gasteiger partial charge in [-0.25, -0.2) is 0 Å². The summed E-state index contributed by atoms with van der Waals surface area (Å²) in [6, 6.07) is 4.11. The van der Waals surface area contributed by atoms with E-state index in [-0.39, 0.29) is 12.5 Å². The molecule has 1 heterocycles. The summed E-state index contributed by atoms with van der Waals surface area (Å²) in [5.41, 5.74) is 0. The minimum atomic E-state index is -0.790. The highest BCUT2D eigenvalue weighted by molar-refractivity contribution is 7.12. The largest absolute Gasteiger partial charge is 0.481 e. The van der Waals surface area contributed by atoms with Gasteiger partial charge in [-0.3, -0.25) is 4.79 Å². The molecule has 0 aliphatic rings. The first-order valence-corrected chi connectivity index (χ1v) is 5.89. The van der Waals surface area contributed by atoms with E-state index in [9.17, 15) is 4.79 Å². The van der Waals surface area contributed by atoms with Crippen LogP contribution in [-0.4, -0.2) is 17.1 Å². The summed E-state index contributed by atoms with van der Waals surface area (Å²) in [5.74, 6) is 1.81. The topological polar surface area (TPSA) is 49.3 Å². The van der Waals surface area contributed by atoms with Crippen LogP contribution >= 0.6 is 11.3 Å². The molecule has 1 rings (SSSR count). The molecule has 0 amide bonds. The van der Waals surface area contributed by atoms with Gasteiger partial charge >= 0.3 is 5.97 Å². The highest BCUT2D eigenvalue weighted by Gasteiger charge is 2.05. The fourth-order valence-corrected chi connectivity index (χ4v) is 2.25. The van der Waals surface area contributed by atoms with Gasteiger partial charge in [0.05, 0.1) is 6.42 Å². The van der Waals surface area contributed by atoms with E-state index in [4.69, 9.17) is 11.5 Å². The molecule has 0 aliphatic carbocycles. The Bertz CT molecular complexity index is 392. The third kappa shape index (κ3) is 4.47. The normalized spacial score (nSPS) is 12.0. The van der Waals surface area contributed by atoms with Gasteiger partial charge in [-0.1, -0.05) is 0 Å². The van der Waals surface area contributed by atoms with Gasteiger partial charge in [0.25, 0.3) is 0 Å². The van der Waals surface area contributed by atoms with Crippen molar-refractivity contribution in [3.8, 4) is 12.3 Å². The fraction of sp³-hybridized carbons (Fsp3) is 0.417. The predicted molar refractivity (Wildman–Crippen MR) is 65.4 cm³/mol. The second kappa shape index (κ2) is 6.31. The van der Waals surface area contributed by atoms with Crippen molar-refractivity contribution >= 4 is 17.3 Å². The van der Waals surface area contributed by atoms with Gasteiger partial charge in [0.15, 0.2) is 0 Å². The monoisotopic (exact) mass is 237 g/mol. The highest BCUT2D eigenvalue weighted by atomic mass is 32.1. The van der Waals surface area contributed by atoms with Crippen LogP contribution in [0.4, 0.5) is 0 Å². The zero-order chi connectivity index (χ0) is 12.0. The molecule has 1 atom stereocenters. The first-order valence-electron chi connectivity index (χ1n) is 5.08. The maximum atomic E-state index is 10.5. The lowest BCUT2D eigenvalue weighted by Crippen LogP contribution is -2.24. The molecule has 1 aromatic heterocycles. The number of nitrogens with one attached hydrogen (secondary N) is 1. The number of hydrogen-bond donors (Lipinski definition) is 2. The summed E-state index contributed by atoms with van der Waals surface area (Å²) in [4.78, 5) is 12.5. The molecule has 0 spiro atoms. The lowest BCUT2D eigenvalue weighted by atomic mass is 10.2. The molecule has 4 heteroatoms. The Morgan fingerprint density at radius 2 is 2.31 bits per heavy atom. The molecule has 0 radical (unpaired) electrons. The van der Waals surface area contributed by atoms with Crippen molar-refractivity contribution in [3.63, 3.8) is 0 Å². The summed E-state index contributed by atoms with van der Waals surface area (Å²) in [6.45, 7) is 2.78. The van der Waals surface area contributed by atoms with Gasteiger partial charge in [-0.2, -0.15) is 0 Å². The first kappa shape index (κ1) is 12.8. The number of terminal acetylenes is 1. The van der Waals surface area contributed by atoms with Gasteiger partial charge in [0.1, 0.15) is 0 Å². The van der Waals surface area contributed by atoms with Crippen molar-refractivity contribution in [1.29, 1.82) is 0 Å². The maximum Gasteiger partial charge on any atom is 0.308 e. The van der Waals surface area contributed by atoms with Crippen LogP contribution in [0.25, 0.3) is 0 Å². The number of carbonyl (C=O) groups is 1. The second-order valence-electron chi connectivity index (χ2n) is 3.63. The number of hydrogen-bond acceptors (Lipinski definition) is 3. The van der Waals surface area contributed by atoms with Crippen molar-refractivity contribution < 1.29 is 9.90 Å². The van der Waals surface area contributed by atoms with E-state index >= 15 is 0 Å². The molecule has 0 saturated carbocycles. The Morgan fingerprint density at radius 1 is 1.62 bits per heavy atom. The minimum absolute atomic E-state index is 0.102. The molecule has 2 N–H and O–H groups in total. The van der Waals surface area contributed by atoms with Gasteiger partial charge in [0.2, 0.25) is 0 Å². The van der Waals surface area contributed by atoms with E-state index in [1.165, 1.54) is 11.3 Å². The smallest absolute Gasteiger partial charge is 0.308 e. The van der Waals surface area contributed by atoms with E-state index in [0.717, 1.165) is 16.3 Å². The van der Waals surface area contributed by atoms with Crippen LogP contribution in [0.1, 0.15) is 23.1 Å². The maximum absolute atomic E-state index is 10.5. The fourth-order valence-electron chi connectivity index (χ4n) is 1.29. The van der Waals surface area contributed by atoms with Gasteiger partial charge in [0, 0.05) is 28.8 Å². The predicted octanol–water partition coefficient (Wildman–Crippen LogP) is 1.88. The van der Waals surface area contributed by atoms with Crippen LogP contribution in [-0.2, 0) is 17.8 Å². The molecule has 0 saturated heterocycles. The third-order valence-electron chi connectivity index (χ3n) is 2.09. The van der Waals surface area contributed by atoms with Crippen LogP contribution < -0.4 is 5.32 Å². The summed E-state index contributed by atoms with van der Waals surface area (Å²) >= 11 is 1.53. The molecule has 0 aliphatic heterocycles. The molecule has 1 unspecified atom stereocenters. The Hall–Kier alpha value is -1.31. The van der Waals surface area contributed by atoms with Crippen LogP contribution in [0, 0.1) is 12.3 Å². The minimum Gasteiger partial charge on any atom is -0.481 e. The quantitative estimate of drug-likeness (QED) is 0.743. The lowest BCUT2D eigenvalue weighted by molar-refractivity contribution is -0.136. The average molecular weight is 237 g/mol. The Morgan fingerprint density at radius 3 is 2.94 bits per heavy atom. The SMILES string of the molecule is C#CCC(C)NCc1ccc(CC(=O)O)s1. The molecule has 0 fully saturated rings. The Labute approximate surface area is 99.5 Å². The molecule has 0 bridgehead atoms. The average Bonchev–Trinajstić information content (AvgIpc) is 2.62. The molecule has 3 nitrogen and oxygen atoms in total. The van der Waals surface area contributed by atoms with Crippen molar-refractivity contribution in [2.24, 2.45) is 0 Å². The van der Waals surface area contributed by atoms with E-state index in [0.29, 0.717) is 6.42 Å². The van der Waals surface area contributed by atoms with Crippen molar-refractivity contribution in [2.75, 3.05) is 0 Å². The lowest BCUT2D eigenvalue weighted by Gasteiger charge is -2.08.